The maximum atomic E-state index is 12.2. The average Bonchev–Trinajstić information content (AvgIpc) is 3.13. The molecule has 0 aliphatic carbocycles. The second kappa shape index (κ2) is 9.99. The molecule has 0 saturated carbocycles. The smallest absolute Gasteiger partial charge is 0.413 e. The lowest BCUT2D eigenvalue weighted by Gasteiger charge is -2.29. The standard InChI is InChI=1S/C19H27N5O2S3/c1-5-16-22-23-18(29-16)28-12-13-10-14(24-6-8-27-9-7-24)11-15(20-13)21-17(25)26-19(2,3)4/h10-11H,5-9,12H2,1-4H3,(H,20,21,25). The third-order valence-electron chi connectivity index (χ3n) is 3.96. The normalized spacial score (nSPS) is 14.7. The first-order chi connectivity index (χ1) is 13.8. The second-order valence-corrected chi connectivity index (χ2v) is 11.0. The first kappa shape index (κ1) is 22.2. The SMILES string of the molecule is CCc1nnc(SCc2cc(N3CCSCC3)cc(NC(=O)OC(C)(C)C)n2)s1. The summed E-state index contributed by atoms with van der Waals surface area (Å²) >= 11 is 5.20. The zero-order chi connectivity index (χ0) is 20.9. The fraction of sp³-hybridized carbons (Fsp3) is 0.579. The number of amides is 1. The summed E-state index contributed by atoms with van der Waals surface area (Å²) < 4.78 is 6.32. The van der Waals surface area contributed by atoms with Crippen molar-refractivity contribution >= 4 is 52.5 Å². The maximum Gasteiger partial charge on any atom is 0.413 e. The predicted molar refractivity (Wildman–Crippen MR) is 122 cm³/mol. The van der Waals surface area contributed by atoms with Crippen LogP contribution in [0.1, 0.15) is 38.4 Å². The summed E-state index contributed by atoms with van der Waals surface area (Å²) in [5.41, 5.74) is 1.41. The van der Waals surface area contributed by atoms with Gasteiger partial charge in [-0.15, -0.1) is 10.2 Å². The molecule has 7 nitrogen and oxygen atoms in total. The summed E-state index contributed by atoms with van der Waals surface area (Å²) in [5, 5.41) is 12.2. The number of rotatable bonds is 6. The largest absolute Gasteiger partial charge is 0.444 e. The van der Waals surface area contributed by atoms with Gasteiger partial charge in [0, 0.05) is 42.1 Å². The number of nitrogens with zero attached hydrogens (tertiary/aromatic N) is 4. The number of thioether (sulfide) groups is 2. The van der Waals surface area contributed by atoms with E-state index >= 15 is 0 Å². The number of pyridine rings is 1. The van der Waals surface area contributed by atoms with E-state index in [1.54, 1.807) is 23.1 Å². The van der Waals surface area contributed by atoms with Crippen LogP contribution in [-0.4, -0.2) is 51.5 Å². The Bertz CT molecular complexity index is 831. The summed E-state index contributed by atoms with van der Waals surface area (Å²) in [6.45, 7) is 9.59. The third kappa shape index (κ3) is 7.04. The van der Waals surface area contributed by atoms with Crippen LogP contribution in [0, 0.1) is 0 Å². The minimum absolute atomic E-state index is 0.494. The van der Waals surface area contributed by atoms with Crippen molar-refractivity contribution in [3.63, 3.8) is 0 Å². The van der Waals surface area contributed by atoms with Crippen LogP contribution in [-0.2, 0) is 16.9 Å². The molecule has 10 heteroatoms. The molecule has 2 aromatic rings. The highest BCUT2D eigenvalue weighted by atomic mass is 32.2. The number of hydrogen-bond donors (Lipinski definition) is 1. The molecule has 29 heavy (non-hydrogen) atoms. The molecule has 3 rings (SSSR count). The van der Waals surface area contributed by atoms with Crippen molar-refractivity contribution in [1.29, 1.82) is 0 Å². The Kier molecular flexibility index (Phi) is 7.64. The number of ether oxygens (including phenoxy) is 1. The van der Waals surface area contributed by atoms with Gasteiger partial charge in [0.2, 0.25) is 0 Å². The topological polar surface area (TPSA) is 80.2 Å². The van der Waals surface area contributed by atoms with Crippen molar-refractivity contribution in [2.45, 2.75) is 49.8 Å². The molecule has 0 unspecified atom stereocenters. The van der Waals surface area contributed by atoms with E-state index in [-0.39, 0.29) is 0 Å². The van der Waals surface area contributed by atoms with Gasteiger partial charge in [0.05, 0.1) is 5.69 Å². The van der Waals surface area contributed by atoms with Crippen LogP contribution in [0.25, 0.3) is 0 Å². The molecule has 0 spiro atoms. The van der Waals surface area contributed by atoms with E-state index in [2.05, 4.69) is 38.4 Å². The van der Waals surface area contributed by atoms with Crippen LogP contribution in [0.2, 0.25) is 0 Å². The second-order valence-electron chi connectivity index (χ2n) is 7.53. The van der Waals surface area contributed by atoms with Gasteiger partial charge in [-0.2, -0.15) is 11.8 Å². The third-order valence-corrected chi connectivity index (χ3v) is 7.14. The van der Waals surface area contributed by atoms with E-state index in [0.29, 0.717) is 11.6 Å². The van der Waals surface area contributed by atoms with E-state index < -0.39 is 11.7 Å². The van der Waals surface area contributed by atoms with Crippen LogP contribution >= 0.6 is 34.9 Å². The highest BCUT2D eigenvalue weighted by Gasteiger charge is 2.19. The van der Waals surface area contributed by atoms with Gasteiger partial charge in [-0.25, -0.2) is 9.78 Å². The van der Waals surface area contributed by atoms with Gasteiger partial charge in [0.1, 0.15) is 16.4 Å². The molecule has 1 aliphatic rings. The molecular weight excluding hydrogens is 426 g/mol. The van der Waals surface area contributed by atoms with Crippen molar-refractivity contribution in [2.75, 3.05) is 34.8 Å². The highest BCUT2D eigenvalue weighted by Crippen LogP contribution is 2.29. The summed E-state index contributed by atoms with van der Waals surface area (Å²) in [5.74, 6) is 3.38. The number of aryl methyl sites for hydroxylation is 1. The van der Waals surface area contributed by atoms with E-state index in [1.165, 1.54) is 0 Å². The van der Waals surface area contributed by atoms with Gasteiger partial charge in [-0.1, -0.05) is 30.0 Å². The molecule has 0 bridgehead atoms. The molecule has 1 saturated heterocycles. The molecule has 0 radical (unpaired) electrons. The van der Waals surface area contributed by atoms with Crippen molar-refractivity contribution in [2.24, 2.45) is 0 Å². The predicted octanol–water partition coefficient (Wildman–Crippen LogP) is 4.69. The quantitative estimate of drug-likeness (QED) is 0.631. The molecule has 2 aromatic heterocycles. The lowest BCUT2D eigenvalue weighted by molar-refractivity contribution is 0.0635. The van der Waals surface area contributed by atoms with E-state index in [1.807, 2.05) is 38.6 Å². The summed E-state index contributed by atoms with van der Waals surface area (Å²) in [4.78, 5) is 19.2. The van der Waals surface area contributed by atoms with Crippen LogP contribution in [0.15, 0.2) is 16.5 Å². The van der Waals surface area contributed by atoms with E-state index in [4.69, 9.17) is 4.74 Å². The number of carbonyl (C=O) groups is 1. The van der Waals surface area contributed by atoms with Crippen molar-refractivity contribution in [1.82, 2.24) is 15.2 Å². The van der Waals surface area contributed by atoms with Crippen molar-refractivity contribution in [3.8, 4) is 0 Å². The number of anilines is 2. The molecule has 1 aliphatic heterocycles. The molecule has 3 heterocycles. The Labute approximate surface area is 184 Å². The number of nitrogens with one attached hydrogen (secondary N) is 1. The molecule has 1 N–H and O–H groups in total. The van der Waals surface area contributed by atoms with E-state index in [9.17, 15) is 4.79 Å². The van der Waals surface area contributed by atoms with E-state index in [0.717, 1.165) is 51.7 Å². The average molecular weight is 454 g/mol. The van der Waals surface area contributed by atoms with Crippen LogP contribution in [0.5, 0.6) is 0 Å². The van der Waals surface area contributed by atoms with Crippen molar-refractivity contribution in [3.05, 3.63) is 22.8 Å². The summed E-state index contributed by atoms with van der Waals surface area (Å²) in [6, 6.07) is 4.03. The fourth-order valence-electron chi connectivity index (χ4n) is 2.70. The lowest BCUT2D eigenvalue weighted by atomic mass is 10.2. The Hall–Kier alpha value is -1.52. The number of hydrogen-bond acceptors (Lipinski definition) is 9. The van der Waals surface area contributed by atoms with Gasteiger partial charge in [-0.05, 0) is 33.3 Å². The minimum Gasteiger partial charge on any atom is -0.444 e. The first-order valence-electron chi connectivity index (χ1n) is 9.61. The monoisotopic (exact) mass is 453 g/mol. The molecule has 0 aromatic carbocycles. The Morgan fingerprint density at radius 3 is 2.69 bits per heavy atom. The van der Waals surface area contributed by atoms with Crippen LogP contribution in [0.4, 0.5) is 16.3 Å². The fourth-order valence-corrected chi connectivity index (χ4v) is 5.33. The zero-order valence-corrected chi connectivity index (χ0v) is 19.7. The van der Waals surface area contributed by atoms with Gasteiger partial charge >= 0.3 is 6.09 Å². The zero-order valence-electron chi connectivity index (χ0n) is 17.2. The summed E-state index contributed by atoms with van der Waals surface area (Å²) in [7, 11) is 0. The highest BCUT2D eigenvalue weighted by molar-refractivity contribution is 8.00. The first-order valence-corrected chi connectivity index (χ1v) is 12.6. The minimum atomic E-state index is -0.556. The van der Waals surface area contributed by atoms with Crippen LogP contribution < -0.4 is 10.2 Å². The lowest BCUT2D eigenvalue weighted by Crippen LogP contribution is -2.32. The van der Waals surface area contributed by atoms with Crippen molar-refractivity contribution < 1.29 is 9.53 Å². The Balaban J connectivity index is 1.76. The van der Waals surface area contributed by atoms with Gasteiger partial charge in [0.25, 0.3) is 0 Å². The van der Waals surface area contributed by atoms with Gasteiger partial charge in [-0.3, -0.25) is 5.32 Å². The van der Waals surface area contributed by atoms with Gasteiger partial charge < -0.3 is 9.64 Å². The molecule has 158 valence electrons. The Morgan fingerprint density at radius 1 is 1.28 bits per heavy atom. The molecule has 1 fully saturated rings. The maximum absolute atomic E-state index is 12.2. The number of carbonyl (C=O) groups excluding carboxylic acids is 1. The molecule has 1 amide bonds. The number of aromatic nitrogens is 3. The molecular formula is C19H27N5O2S3. The van der Waals surface area contributed by atoms with Crippen LogP contribution in [0.3, 0.4) is 0 Å². The van der Waals surface area contributed by atoms with Gasteiger partial charge in [0.15, 0.2) is 4.34 Å². The summed E-state index contributed by atoms with van der Waals surface area (Å²) in [6.07, 6.45) is 0.398. The Morgan fingerprint density at radius 2 is 2.03 bits per heavy atom. The molecule has 0 atom stereocenters.